The number of oxazole rings is 1. The van der Waals surface area contributed by atoms with Crippen molar-refractivity contribution in [2.45, 2.75) is 106 Å². The Labute approximate surface area is 256 Å². The molecule has 0 spiro atoms. The lowest BCUT2D eigenvalue weighted by Crippen LogP contribution is -2.39. The van der Waals surface area contributed by atoms with Gasteiger partial charge in [0.05, 0.1) is 17.0 Å². The van der Waals surface area contributed by atoms with Crippen LogP contribution in [-0.4, -0.2) is 51.2 Å². The fourth-order valence-electron chi connectivity index (χ4n) is 6.59. The molecular weight excluding hydrogens is 540 g/mol. The van der Waals surface area contributed by atoms with Gasteiger partial charge in [-0.25, -0.2) is 9.78 Å². The molecule has 1 aromatic carbocycles. The molecule has 5 rings (SSSR count). The summed E-state index contributed by atoms with van der Waals surface area (Å²) in [5.74, 6) is 0.610. The second-order valence-electron chi connectivity index (χ2n) is 14.2. The lowest BCUT2D eigenvalue weighted by molar-refractivity contribution is -0.160. The van der Waals surface area contributed by atoms with Gasteiger partial charge in [0.1, 0.15) is 5.76 Å². The van der Waals surface area contributed by atoms with Crippen LogP contribution >= 0.6 is 0 Å². The van der Waals surface area contributed by atoms with Gasteiger partial charge in [0.15, 0.2) is 12.0 Å². The minimum Gasteiger partial charge on any atom is -0.479 e. The highest BCUT2D eigenvalue weighted by atomic mass is 16.5. The summed E-state index contributed by atoms with van der Waals surface area (Å²) >= 11 is 0. The standard InChI is InChI=1S/C35H48N4O4/c1-21-29(26-10-11-27-19-38(15-12-25(27)18-26)20-28-23(3)42-24(4)37-28)31(39-16-13-35(8,9)14-17-39)30(22(2)36-21)32(33(40)41)43-34(5,6)7/h10-11,18,32H,12-17,19-20H2,1-9H3,(H,40,41)/t32-/m0/s1. The first-order valence-corrected chi connectivity index (χ1v) is 15.6. The van der Waals surface area contributed by atoms with Gasteiger partial charge in [-0.15, -0.1) is 0 Å². The van der Waals surface area contributed by atoms with Crippen LogP contribution in [0.15, 0.2) is 22.6 Å². The van der Waals surface area contributed by atoms with Crippen molar-refractivity contribution in [3.8, 4) is 11.1 Å². The monoisotopic (exact) mass is 588 g/mol. The number of piperidine rings is 1. The maximum absolute atomic E-state index is 12.8. The number of aromatic nitrogens is 2. The Hall–Kier alpha value is -3.23. The highest BCUT2D eigenvalue weighted by Gasteiger charge is 2.36. The van der Waals surface area contributed by atoms with Crippen molar-refractivity contribution < 1.29 is 19.1 Å². The van der Waals surface area contributed by atoms with Gasteiger partial charge in [0, 0.05) is 62.2 Å². The first-order chi connectivity index (χ1) is 20.1. The number of rotatable bonds is 7. The molecule has 232 valence electrons. The van der Waals surface area contributed by atoms with Gasteiger partial charge >= 0.3 is 5.97 Å². The molecule has 43 heavy (non-hydrogen) atoms. The molecule has 3 aromatic rings. The van der Waals surface area contributed by atoms with E-state index in [1.807, 2.05) is 48.5 Å². The van der Waals surface area contributed by atoms with Crippen LogP contribution in [0.2, 0.25) is 0 Å². The lowest BCUT2D eigenvalue weighted by Gasteiger charge is -2.41. The number of carboxylic acid groups (broad SMARTS) is 1. The number of hydrogen-bond acceptors (Lipinski definition) is 7. The number of ether oxygens (including phenoxy) is 1. The largest absolute Gasteiger partial charge is 0.479 e. The third kappa shape index (κ3) is 6.80. The summed E-state index contributed by atoms with van der Waals surface area (Å²) in [4.78, 5) is 27.1. The number of anilines is 1. The van der Waals surface area contributed by atoms with E-state index in [9.17, 15) is 9.90 Å². The van der Waals surface area contributed by atoms with Crippen molar-refractivity contribution in [2.75, 3.05) is 24.5 Å². The molecule has 1 atom stereocenters. The zero-order chi connectivity index (χ0) is 31.3. The topological polar surface area (TPSA) is 91.9 Å². The van der Waals surface area contributed by atoms with E-state index in [4.69, 9.17) is 14.1 Å². The predicted octanol–water partition coefficient (Wildman–Crippen LogP) is 7.10. The van der Waals surface area contributed by atoms with Gasteiger partial charge < -0.3 is 19.2 Å². The summed E-state index contributed by atoms with van der Waals surface area (Å²) < 4.78 is 11.9. The van der Waals surface area contributed by atoms with Gasteiger partial charge in [-0.1, -0.05) is 32.0 Å². The summed E-state index contributed by atoms with van der Waals surface area (Å²) in [5.41, 5.74) is 8.62. The SMILES string of the molecule is Cc1nc(CN2CCc3cc(-c4c(C)nc(C)c([C@H](OC(C)(C)C)C(=O)O)c4N4CCC(C)(C)CC4)ccc3C2)c(C)o1. The Kier molecular flexibility index (Phi) is 8.49. The van der Waals surface area contributed by atoms with Gasteiger partial charge in [-0.2, -0.15) is 0 Å². The minimum atomic E-state index is -1.12. The van der Waals surface area contributed by atoms with Gasteiger partial charge in [-0.05, 0) is 82.9 Å². The summed E-state index contributed by atoms with van der Waals surface area (Å²) in [7, 11) is 0. The number of nitrogens with zero attached hydrogens (tertiary/aromatic N) is 4. The van der Waals surface area contributed by atoms with E-state index in [0.717, 1.165) is 85.9 Å². The van der Waals surface area contributed by atoms with E-state index >= 15 is 0 Å². The van der Waals surface area contributed by atoms with Crippen LogP contribution in [0.25, 0.3) is 11.1 Å². The molecule has 2 aromatic heterocycles. The maximum atomic E-state index is 12.8. The number of aryl methyl sites for hydroxylation is 4. The van der Waals surface area contributed by atoms with Crippen molar-refractivity contribution in [2.24, 2.45) is 5.41 Å². The second-order valence-corrected chi connectivity index (χ2v) is 14.2. The number of pyridine rings is 1. The zero-order valence-corrected chi connectivity index (χ0v) is 27.4. The number of carboxylic acids is 1. The van der Waals surface area contributed by atoms with Crippen molar-refractivity contribution in [1.29, 1.82) is 0 Å². The molecule has 2 aliphatic rings. The normalized spacial score (nSPS) is 18.0. The summed E-state index contributed by atoms with van der Waals surface area (Å²) in [6, 6.07) is 6.73. The van der Waals surface area contributed by atoms with E-state index in [1.54, 1.807) is 0 Å². The van der Waals surface area contributed by atoms with Crippen LogP contribution in [0.4, 0.5) is 5.69 Å². The molecule has 0 unspecified atom stereocenters. The minimum absolute atomic E-state index is 0.253. The summed E-state index contributed by atoms with van der Waals surface area (Å²) in [6.45, 7) is 22.5. The molecule has 1 N–H and O–H groups in total. The lowest BCUT2D eigenvalue weighted by atomic mass is 9.81. The molecule has 1 fully saturated rings. The number of fused-ring (bicyclic) bond motifs is 1. The fourth-order valence-corrected chi connectivity index (χ4v) is 6.59. The van der Waals surface area contributed by atoms with E-state index in [0.29, 0.717) is 17.1 Å². The van der Waals surface area contributed by atoms with Gasteiger partial charge in [0.25, 0.3) is 0 Å². The summed E-state index contributed by atoms with van der Waals surface area (Å²) in [5, 5.41) is 10.5. The second kappa shape index (κ2) is 11.7. The van der Waals surface area contributed by atoms with Gasteiger partial charge in [-0.3, -0.25) is 9.88 Å². The smallest absolute Gasteiger partial charge is 0.337 e. The Balaban J connectivity index is 1.57. The zero-order valence-electron chi connectivity index (χ0n) is 27.4. The van der Waals surface area contributed by atoms with E-state index in [1.165, 1.54) is 11.1 Å². The average molecular weight is 589 g/mol. The Morgan fingerprint density at radius 3 is 2.35 bits per heavy atom. The van der Waals surface area contributed by atoms with Crippen LogP contribution in [0, 0.1) is 33.1 Å². The van der Waals surface area contributed by atoms with Crippen molar-refractivity contribution in [3.05, 3.63) is 63.6 Å². The molecule has 0 amide bonds. The Morgan fingerprint density at radius 2 is 1.74 bits per heavy atom. The average Bonchev–Trinajstić information content (AvgIpc) is 3.22. The third-order valence-electron chi connectivity index (χ3n) is 8.93. The van der Waals surface area contributed by atoms with Gasteiger partial charge in [0.2, 0.25) is 0 Å². The molecule has 0 saturated carbocycles. The Morgan fingerprint density at radius 1 is 1.05 bits per heavy atom. The number of benzene rings is 1. The summed E-state index contributed by atoms with van der Waals surface area (Å²) in [6.07, 6.45) is 1.89. The first kappa shape index (κ1) is 31.2. The van der Waals surface area contributed by atoms with Crippen LogP contribution in [0.5, 0.6) is 0 Å². The van der Waals surface area contributed by atoms with E-state index < -0.39 is 17.7 Å². The number of carbonyl (C=O) groups is 1. The quantitative estimate of drug-likeness (QED) is 0.313. The van der Waals surface area contributed by atoms with E-state index in [-0.39, 0.29) is 5.41 Å². The maximum Gasteiger partial charge on any atom is 0.337 e. The van der Waals surface area contributed by atoms with Crippen LogP contribution in [-0.2, 0) is 29.0 Å². The van der Waals surface area contributed by atoms with Crippen molar-refractivity contribution in [1.82, 2.24) is 14.9 Å². The third-order valence-corrected chi connectivity index (χ3v) is 8.93. The molecule has 0 radical (unpaired) electrons. The van der Waals surface area contributed by atoms with Crippen LogP contribution < -0.4 is 4.90 Å². The number of hydrogen-bond donors (Lipinski definition) is 1. The van der Waals surface area contributed by atoms with E-state index in [2.05, 4.69) is 46.8 Å². The highest BCUT2D eigenvalue weighted by molar-refractivity contribution is 5.88. The molecular formula is C35H48N4O4. The fraction of sp³-hybridized carbons (Fsp3) is 0.571. The predicted molar refractivity (Wildman–Crippen MR) is 169 cm³/mol. The molecule has 0 bridgehead atoms. The molecule has 2 aliphatic heterocycles. The van der Waals surface area contributed by atoms with Crippen molar-refractivity contribution >= 4 is 11.7 Å². The Bertz CT molecular complexity index is 1510. The highest BCUT2D eigenvalue weighted by Crippen LogP contribution is 2.45. The molecule has 8 nitrogen and oxygen atoms in total. The van der Waals surface area contributed by atoms with Crippen LogP contribution in [0.1, 0.15) is 99.0 Å². The molecule has 8 heteroatoms. The molecule has 0 aliphatic carbocycles. The van der Waals surface area contributed by atoms with Crippen LogP contribution in [0.3, 0.4) is 0 Å². The first-order valence-electron chi connectivity index (χ1n) is 15.6. The number of aliphatic carboxylic acids is 1. The van der Waals surface area contributed by atoms with Crippen molar-refractivity contribution in [3.63, 3.8) is 0 Å². The molecule has 1 saturated heterocycles. The molecule has 4 heterocycles.